The Morgan fingerprint density at radius 1 is 0.520 bits per heavy atom. The van der Waals surface area contributed by atoms with Crippen LogP contribution in [0.5, 0.6) is 0 Å². The summed E-state index contributed by atoms with van der Waals surface area (Å²) >= 11 is 0. The van der Waals surface area contributed by atoms with Gasteiger partial charge in [0.05, 0.1) is 0 Å². The van der Waals surface area contributed by atoms with Crippen molar-refractivity contribution in [3.8, 4) is 33.6 Å². The summed E-state index contributed by atoms with van der Waals surface area (Å²) in [4.78, 5) is 0. The van der Waals surface area contributed by atoms with E-state index in [9.17, 15) is 0 Å². The Bertz CT molecular complexity index is 979. The fourth-order valence-corrected chi connectivity index (χ4v) is 2.91. The highest BCUT2D eigenvalue weighted by Gasteiger charge is 2.17. The fraction of sp³-hybridized carbons (Fsp3) is 0.0455. The zero-order valence-electron chi connectivity index (χ0n) is 13.9. The van der Waals surface area contributed by atoms with Crippen molar-refractivity contribution < 1.29 is 0 Å². The lowest BCUT2D eigenvalue weighted by atomic mass is 9.95. The highest BCUT2D eigenvalue weighted by atomic mass is 15.3. The number of hydrogen-bond donors (Lipinski definition) is 0. The number of nitrogens with zero attached hydrogens (tertiary/aromatic N) is 3. The molecule has 0 fully saturated rings. The van der Waals surface area contributed by atoms with Crippen molar-refractivity contribution in [2.45, 2.75) is 6.92 Å². The Morgan fingerprint density at radius 2 is 1.00 bits per heavy atom. The smallest absolute Gasteiger partial charge is 0.105 e. The Labute approximate surface area is 147 Å². The van der Waals surface area contributed by atoms with Gasteiger partial charge in [0.2, 0.25) is 0 Å². The maximum absolute atomic E-state index is 4.38. The molecule has 4 rings (SSSR count). The van der Waals surface area contributed by atoms with Gasteiger partial charge in [-0.15, -0.1) is 10.2 Å². The second kappa shape index (κ2) is 6.65. The summed E-state index contributed by atoms with van der Waals surface area (Å²) in [6.45, 7) is 2.08. The molecule has 0 amide bonds. The molecule has 0 bridgehead atoms. The van der Waals surface area contributed by atoms with Crippen molar-refractivity contribution in [3.05, 3.63) is 90.5 Å². The lowest BCUT2D eigenvalue weighted by molar-refractivity contribution is 0.878. The highest BCUT2D eigenvalue weighted by molar-refractivity contribution is 5.90. The van der Waals surface area contributed by atoms with Crippen molar-refractivity contribution in [3.63, 3.8) is 0 Å². The highest BCUT2D eigenvalue weighted by Crippen LogP contribution is 2.36. The quantitative estimate of drug-likeness (QED) is 0.521. The summed E-state index contributed by atoms with van der Waals surface area (Å²) in [5, 5.41) is 12.8. The van der Waals surface area contributed by atoms with Gasteiger partial charge in [-0.25, -0.2) is 0 Å². The molecule has 3 heteroatoms. The van der Waals surface area contributed by atoms with Crippen LogP contribution in [0, 0.1) is 6.92 Å². The maximum atomic E-state index is 4.38. The number of benzene rings is 3. The van der Waals surface area contributed by atoms with Crippen molar-refractivity contribution in [2.75, 3.05) is 0 Å². The average molecular weight is 323 g/mol. The van der Waals surface area contributed by atoms with Crippen molar-refractivity contribution in [2.24, 2.45) is 0 Å². The largest absolute Gasteiger partial charge is 0.129 e. The topological polar surface area (TPSA) is 38.7 Å². The number of hydrogen-bond acceptors (Lipinski definition) is 3. The molecule has 0 aliphatic heterocycles. The van der Waals surface area contributed by atoms with Gasteiger partial charge in [0, 0.05) is 16.7 Å². The monoisotopic (exact) mass is 323 g/mol. The van der Waals surface area contributed by atoms with E-state index in [1.165, 1.54) is 5.56 Å². The molecule has 0 unspecified atom stereocenters. The summed E-state index contributed by atoms with van der Waals surface area (Å²) in [6, 6.07) is 28.7. The van der Waals surface area contributed by atoms with Crippen LogP contribution in [0.3, 0.4) is 0 Å². The van der Waals surface area contributed by atoms with Gasteiger partial charge in [-0.1, -0.05) is 90.5 Å². The summed E-state index contributed by atoms with van der Waals surface area (Å²) < 4.78 is 0. The first-order chi connectivity index (χ1) is 12.3. The molecule has 1 heterocycles. The van der Waals surface area contributed by atoms with E-state index in [0.29, 0.717) is 0 Å². The minimum atomic E-state index is 0.845. The van der Waals surface area contributed by atoms with Crippen molar-refractivity contribution in [1.82, 2.24) is 15.4 Å². The van der Waals surface area contributed by atoms with Gasteiger partial charge in [-0.05, 0) is 17.7 Å². The molecule has 1 aromatic heterocycles. The van der Waals surface area contributed by atoms with E-state index in [1.54, 1.807) is 0 Å². The van der Waals surface area contributed by atoms with Crippen LogP contribution in [-0.2, 0) is 0 Å². The second-order valence-corrected chi connectivity index (χ2v) is 5.96. The first kappa shape index (κ1) is 15.2. The maximum Gasteiger partial charge on any atom is 0.105 e. The molecule has 0 spiro atoms. The minimum absolute atomic E-state index is 0.845. The SMILES string of the molecule is Cc1ccc(-c2nnnc(-c3ccccc3)c2-c2ccccc2)cc1. The Balaban J connectivity index is 2.00. The Kier molecular flexibility index (Phi) is 4.05. The molecule has 0 saturated heterocycles. The third kappa shape index (κ3) is 3.04. The van der Waals surface area contributed by atoms with Gasteiger partial charge in [0.15, 0.2) is 0 Å². The summed E-state index contributed by atoms with van der Waals surface area (Å²) in [5.41, 5.74) is 7.07. The fourth-order valence-electron chi connectivity index (χ4n) is 2.91. The van der Waals surface area contributed by atoms with E-state index < -0.39 is 0 Å². The Morgan fingerprint density at radius 3 is 1.56 bits per heavy atom. The van der Waals surface area contributed by atoms with E-state index in [0.717, 1.165) is 33.6 Å². The molecule has 3 aromatic carbocycles. The summed E-state index contributed by atoms with van der Waals surface area (Å²) in [6.07, 6.45) is 0. The molecule has 4 aromatic rings. The van der Waals surface area contributed by atoms with Crippen LogP contribution in [0.2, 0.25) is 0 Å². The molecule has 3 nitrogen and oxygen atoms in total. The summed E-state index contributed by atoms with van der Waals surface area (Å²) in [5.74, 6) is 0. The van der Waals surface area contributed by atoms with Crippen LogP contribution >= 0.6 is 0 Å². The number of aryl methyl sites for hydroxylation is 1. The lowest BCUT2D eigenvalue weighted by Crippen LogP contribution is -2.00. The van der Waals surface area contributed by atoms with Crippen LogP contribution in [0.25, 0.3) is 33.6 Å². The molecular weight excluding hydrogens is 306 g/mol. The number of rotatable bonds is 3. The third-order valence-electron chi connectivity index (χ3n) is 4.20. The molecular formula is C22H17N3. The molecule has 0 aliphatic rings. The van der Waals surface area contributed by atoms with E-state index in [4.69, 9.17) is 0 Å². The van der Waals surface area contributed by atoms with Gasteiger partial charge >= 0.3 is 0 Å². The van der Waals surface area contributed by atoms with E-state index in [-0.39, 0.29) is 0 Å². The summed E-state index contributed by atoms with van der Waals surface area (Å²) in [7, 11) is 0. The number of aromatic nitrogens is 3. The zero-order chi connectivity index (χ0) is 17.1. The molecule has 0 radical (unpaired) electrons. The van der Waals surface area contributed by atoms with Gasteiger partial charge in [-0.3, -0.25) is 0 Å². The van der Waals surface area contributed by atoms with Gasteiger partial charge in [-0.2, -0.15) is 0 Å². The minimum Gasteiger partial charge on any atom is -0.129 e. The predicted octanol–water partition coefficient (Wildman–Crippen LogP) is 5.18. The zero-order valence-corrected chi connectivity index (χ0v) is 13.9. The molecule has 0 saturated carbocycles. The van der Waals surface area contributed by atoms with Crippen LogP contribution in [-0.4, -0.2) is 15.4 Å². The Hall–Kier alpha value is -3.33. The molecule has 0 aliphatic carbocycles. The van der Waals surface area contributed by atoms with Crippen LogP contribution in [0.1, 0.15) is 5.56 Å². The van der Waals surface area contributed by atoms with Crippen LogP contribution < -0.4 is 0 Å². The third-order valence-corrected chi connectivity index (χ3v) is 4.20. The van der Waals surface area contributed by atoms with E-state index in [1.807, 2.05) is 36.4 Å². The second-order valence-electron chi connectivity index (χ2n) is 5.96. The predicted molar refractivity (Wildman–Crippen MR) is 101 cm³/mol. The molecule has 0 N–H and O–H groups in total. The molecule has 120 valence electrons. The standard InChI is InChI=1S/C22H17N3/c1-16-12-14-19(15-13-16)22-20(17-8-4-2-5-9-17)21(23-25-24-22)18-10-6-3-7-11-18/h2-15H,1H3. The van der Waals surface area contributed by atoms with Crippen LogP contribution in [0.4, 0.5) is 0 Å². The first-order valence-electron chi connectivity index (χ1n) is 8.24. The first-order valence-corrected chi connectivity index (χ1v) is 8.24. The molecule has 0 atom stereocenters. The van der Waals surface area contributed by atoms with E-state index in [2.05, 4.69) is 70.9 Å². The van der Waals surface area contributed by atoms with E-state index >= 15 is 0 Å². The average Bonchev–Trinajstić information content (AvgIpc) is 2.69. The van der Waals surface area contributed by atoms with Gasteiger partial charge in [0.1, 0.15) is 11.4 Å². The van der Waals surface area contributed by atoms with Crippen LogP contribution in [0.15, 0.2) is 84.9 Å². The molecule has 25 heavy (non-hydrogen) atoms. The van der Waals surface area contributed by atoms with Crippen molar-refractivity contribution in [1.29, 1.82) is 0 Å². The van der Waals surface area contributed by atoms with Gasteiger partial charge in [0.25, 0.3) is 0 Å². The van der Waals surface area contributed by atoms with Gasteiger partial charge < -0.3 is 0 Å². The normalized spacial score (nSPS) is 10.6. The lowest BCUT2D eigenvalue weighted by Gasteiger charge is -2.13. The van der Waals surface area contributed by atoms with Crippen molar-refractivity contribution >= 4 is 0 Å².